The summed E-state index contributed by atoms with van der Waals surface area (Å²) in [7, 11) is -3.74. The Bertz CT molecular complexity index is 792. The maximum atomic E-state index is 11.4. The number of benzene rings is 1. The van der Waals surface area contributed by atoms with Crippen LogP contribution in [0.15, 0.2) is 39.1 Å². The van der Waals surface area contributed by atoms with Gasteiger partial charge in [-0.25, -0.2) is 18.5 Å². The van der Waals surface area contributed by atoms with Crippen LogP contribution in [0.25, 0.3) is 0 Å². The van der Waals surface area contributed by atoms with Crippen LogP contribution in [0.4, 0.5) is 5.69 Å². The molecule has 3 rings (SSSR count). The van der Waals surface area contributed by atoms with E-state index in [1.54, 1.807) is 12.1 Å². The molecule has 0 bridgehead atoms. The molecule has 1 fully saturated rings. The first kappa shape index (κ1) is 16.7. The topological polar surface area (TPSA) is 140 Å². The van der Waals surface area contributed by atoms with Gasteiger partial charge >= 0.3 is 0 Å². The zero-order valence-electron chi connectivity index (χ0n) is 13.5. The Hall–Kier alpha value is -2.13. The summed E-state index contributed by atoms with van der Waals surface area (Å²) in [6.07, 6.45) is 3.63. The Kier molecular flexibility index (Phi) is 4.00. The quantitative estimate of drug-likeness (QED) is 0.720. The third-order valence-electron chi connectivity index (χ3n) is 4.70. The van der Waals surface area contributed by atoms with E-state index in [0.717, 1.165) is 31.4 Å². The molecule has 1 aliphatic carbocycles. The molecule has 6 N–H and O–H groups in total. The molecular formula is C15H22N6O2S. The Morgan fingerprint density at radius 2 is 1.75 bits per heavy atom. The van der Waals surface area contributed by atoms with Crippen LogP contribution in [-0.4, -0.2) is 26.0 Å². The van der Waals surface area contributed by atoms with Gasteiger partial charge < -0.3 is 11.5 Å². The van der Waals surface area contributed by atoms with Crippen molar-refractivity contribution in [1.82, 2.24) is 0 Å². The van der Waals surface area contributed by atoms with Crippen molar-refractivity contribution in [3.05, 3.63) is 24.3 Å². The van der Waals surface area contributed by atoms with Gasteiger partial charge in [-0.05, 0) is 55.9 Å². The highest BCUT2D eigenvalue weighted by Gasteiger charge is 2.43. The predicted molar refractivity (Wildman–Crippen MR) is 93.9 cm³/mol. The van der Waals surface area contributed by atoms with E-state index in [2.05, 4.69) is 16.9 Å². The summed E-state index contributed by atoms with van der Waals surface area (Å²) >= 11 is 0. The molecule has 1 aromatic carbocycles. The lowest BCUT2D eigenvalue weighted by molar-refractivity contribution is 0.252. The molecule has 1 saturated carbocycles. The number of guanidine groups is 2. The predicted octanol–water partition coefficient (Wildman–Crippen LogP) is 0.690. The molecule has 24 heavy (non-hydrogen) atoms. The van der Waals surface area contributed by atoms with Gasteiger partial charge in [0.2, 0.25) is 21.9 Å². The molecule has 1 aliphatic heterocycles. The van der Waals surface area contributed by atoms with E-state index in [1.807, 2.05) is 4.90 Å². The number of nitrogens with zero attached hydrogens (tertiary/aromatic N) is 3. The first-order valence-electron chi connectivity index (χ1n) is 7.84. The van der Waals surface area contributed by atoms with Crippen LogP contribution in [0.2, 0.25) is 0 Å². The minimum atomic E-state index is -3.74. The van der Waals surface area contributed by atoms with Crippen molar-refractivity contribution < 1.29 is 8.42 Å². The third kappa shape index (κ3) is 2.96. The van der Waals surface area contributed by atoms with Crippen molar-refractivity contribution in [3.8, 4) is 0 Å². The molecule has 0 radical (unpaired) electrons. The van der Waals surface area contributed by atoms with Crippen molar-refractivity contribution in [2.75, 3.05) is 4.90 Å². The number of hydrogen-bond donors (Lipinski definition) is 3. The summed E-state index contributed by atoms with van der Waals surface area (Å²) in [5, 5.41) is 5.15. The average molecular weight is 350 g/mol. The van der Waals surface area contributed by atoms with Gasteiger partial charge in [0.25, 0.3) is 0 Å². The molecule has 130 valence electrons. The number of rotatable bonds is 2. The molecule has 8 nitrogen and oxygen atoms in total. The van der Waals surface area contributed by atoms with Gasteiger partial charge in [0.1, 0.15) is 5.66 Å². The van der Waals surface area contributed by atoms with Crippen molar-refractivity contribution in [1.29, 1.82) is 0 Å². The maximum absolute atomic E-state index is 11.4. The number of nitrogens with two attached hydrogens (primary N) is 3. The lowest BCUT2D eigenvalue weighted by Gasteiger charge is -2.46. The van der Waals surface area contributed by atoms with E-state index in [-0.39, 0.29) is 16.8 Å². The van der Waals surface area contributed by atoms with Gasteiger partial charge in [-0.1, -0.05) is 6.92 Å². The average Bonchev–Trinajstić information content (AvgIpc) is 2.49. The summed E-state index contributed by atoms with van der Waals surface area (Å²) < 4.78 is 22.9. The third-order valence-corrected chi connectivity index (χ3v) is 5.62. The standard InChI is InChI=1S/C15H22N6O2S/c1-10-6-8-15(9-7-10)20-13(16)19-14(17)21(15)11-2-4-12(5-3-11)24(18,22)23/h2-5,10H,6-9H2,1H3,(H2,18,22,23)(H4,16,17,19,20). The van der Waals surface area contributed by atoms with E-state index < -0.39 is 15.7 Å². The summed E-state index contributed by atoms with van der Waals surface area (Å²) in [5.41, 5.74) is 12.1. The zero-order chi connectivity index (χ0) is 17.5. The first-order chi connectivity index (χ1) is 11.2. The molecule has 0 unspecified atom stereocenters. The molecule has 0 atom stereocenters. The molecule has 9 heteroatoms. The number of aliphatic imine (C=N–C) groups is 2. The Morgan fingerprint density at radius 3 is 2.29 bits per heavy atom. The molecule has 0 amide bonds. The van der Waals surface area contributed by atoms with Crippen LogP contribution in [0.1, 0.15) is 32.6 Å². The fourth-order valence-electron chi connectivity index (χ4n) is 3.39. The SMILES string of the molecule is CC1CCC2(CC1)N=C(N)N=C(N)N2c1ccc(S(N)(=O)=O)cc1. The summed E-state index contributed by atoms with van der Waals surface area (Å²) in [6.45, 7) is 2.21. The number of sulfonamides is 1. The van der Waals surface area contributed by atoms with Crippen molar-refractivity contribution in [3.63, 3.8) is 0 Å². The molecular weight excluding hydrogens is 328 g/mol. The van der Waals surface area contributed by atoms with Gasteiger partial charge in [0.05, 0.1) is 4.90 Å². The normalized spacial score (nSPS) is 27.8. The van der Waals surface area contributed by atoms with E-state index in [0.29, 0.717) is 5.92 Å². The summed E-state index contributed by atoms with van der Waals surface area (Å²) in [6, 6.07) is 6.25. The Labute approximate surface area is 141 Å². The van der Waals surface area contributed by atoms with E-state index in [1.165, 1.54) is 12.1 Å². The van der Waals surface area contributed by atoms with E-state index >= 15 is 0 Å². The number of hydrogen-bond acceptors (Lipinski definition) is 7. The van der Waals surface area contributed by atoms with Gasteiger partial charge in [-0.15, -0.1) is 0 Å². The molecule has 0 aromatic heterocycles. The second-order valence-electron chi connectivity index (χ2n) is 6.48. The Balaban J connectivity index is 2.02. The number of primary sulfonamides is 1. The van der Waals surface area contributed by atoms with Crippen LogP contribution in [-0.2, 0) is 10.0 Å². The number of anilines is 1. The minimum Gasteiger partial charge on any atom is -0.369 e. The van der Waals surface area contributed by atoms with Gasteiger partial charge in [0.15, 0.2) is 0 Å². The van der Waals surface area contributed by atoms with Crippen LogP contribution in [0.5, 0.6) is 0 Å². The molecule has 1 heterocycles. The van der Waals surface area contributed by atoms with Gasteiger partial charge in [-0.2, -0.15) is 4.99 Å². The van der Waals surface area contributed by atoms with Crippen molar-refractivity contribution in [2.24, 2.45) is 32.5 Å². The molecule has 1 aromatic rings. The van der Waals surface area contributed by atoms with Gasteiger partial charge in [0, 0.05) is 5.69 Å². The summed E-state index contributed by atoms with van der Waals surface area (Å²) in [5.74, 6) is 1.07. The van der Waals surface area contributed by atoms with Crippen LogP contribution in [0.3, 0.4) is 0 Å². The second-order valence-corrected chi connectivity index (χ2v) is 8.04. The van der Waals surface area contributed by atoms with E-state index in [4.69, 9.17) is 16.6 Å². The zero-order valence-corrected chi connectivity index (χ0v) is 14.3. The van der Waals surface area contributed by atoms with E-state index in [9.17, 15) is 8.42 Å². The fraction of sp³-hybridized carbons (Fsp3) is 0.467. The highest BCUT2D eigenvalue weighted by Crippen LogP contribution is 2.41. The molecule has 0 saturated heterocycles. The van der Waals surface area contributed by atoms with Crippen LogP contribution in [0, 0.1) is 5.92 Å². The lowest BCUT2D eigenvalue weighted by Crippen LogP contribution is -2.58. The van der Waals surface area contributed by atoms with Crippen molar-refractivity contribution in [2.45, 2.75) is 43.2 Å². The first-order valence-corrected chi connectivity index (χ1v) is 9.38. The highest BCUT2D eigenvalue weighted by atomic mass is 32.2. The van der Waals surface area contributed by atoms with Crippen molar-refractivity contribution >= 4 is 27.6 Å². The Morgan fingerprint density at radius 1 is 1.17 bits per heavy atom. The smallest absolute Gasteiger partial charge is 0.238 e. The largest absolute Gasteiger partial charge is 0.369 e. The minimum absolute atomic E-state index is 0.0492. The second kappa shape index (κ2) is 5.75. The monoisotopic (exact) mass is 350 g/mol. The fourth-order valence-corrected chi connectivity index (χ4v) is 3.90. The maximum Gasteiger partial charge on any atom is 0.238 e. The van der Waals surface area contributed by atoms with Crippen LogP contribution >= 0.6 is 0 Å². The van der Waals surface area contributed by atoms with Crippen LogP contribution < -0.4 is 21.5 Å². The molecule has 1 spiro atoms. The van der Waals surface area contributed by atoms with Gasteiger partial charge in [-0.3, -0.25) is 4.90 Å². The summed E-state index contributed by atoms with van der Waals surface area (Å²) in [4.78, 5) is 10.6. The molecule has 2 aliphatic rings. The lowest BCUT2D eigenvalue weighted by atomic mass is 9.81. The highest BCUT2D eigenvalue weighted by molar-refractivity contribution is 7.89.